The van der Waals surface area contributed by atoms with E-state index in [1.54, 1.807) is 19.2 Å². The lowest BCUT2D eigenvalue weighted by Gasteiger charge is -2.10. The van der Waals surface area contributed by atoms with E-state index in [0.717, 1.165) is 12.1 Å². The minimum absolute atomic E-state index is 0.172. The fraction of sp³-hybridized carbons (Fsp3) is 0.500. The number of methoxy groups -OCH3 is 1. The monoisotopic (exact) mass is 257 g/mol. The summed E-state index contributed by atoms with van der Waals surface area (Å²) in [5, 5.41) is 3.24. The Hall–Kier alpha value is -0.910. The Kier molecular flexibility index (Phi) is 5.11. The number of rotatable bonds is 6. The van der Waals surface area contributed by atoms with E-state index >= 15 is 0 Å². The summed E-state index contributed by atoms with van der Waals surface area (Å²) in [6.45, 7) is 3.46. The van der Waals surface area contributed by atoms with Crippen LogP contribution in [0.4, 0.5) is 0 Å². The molecule has 1 atom stereocenters. The van der Waals surface area contributed by atoms with E-state index in [2.05, 4.69) is 5.32 Å². The quantitative estimate of drug-likeness (QED) is 0.832. The third-order valence-electron chi connectivity index (χ3n) is 2.51. The van der Waals surface area contributed by atoms with Crippen molar-refractivity contribution in [2.45, 2.75) is 24.5 Å². The molecule has 0 aliphatic heterocycles. The Labute approximate surface area is 103 Å². The molecule has 0 amide bonds. The molecule has 0 saturated heterocycles. The van der Waals surface area contributed by atoms with Crippen molar-refractivity contribution >= 4 is 9.84 Å². The van der Waals surface area contributed by atoms with E-state index in [-0.39, 0.29) is 6.10 Å². The van der Waals surface area contributed by atoms with Crippen LogP contribution in [-0.2, 0) is 21.1 Å². The van der Waals surface area contributed by atoms with E-state index in [9.17, 15) is 8.42 Å². The Morgan fingerprint density at radius 2 is 1.88 bits per heavy atom. The van der Waals surface area contributed by atoms with Gasteiger partial charge < -0.3 is 10.1 Å². The molecule has 0 heterocycles. The lowest BCUT2D eigenvalue weighted by Crippen LogP contribution is -2.25. The van der Waals surface area contributed by atoms with Gasteiger partial charge in [0.1, 0.15) is 0 Å². The summed E-state index contributed by atoms with van der Waals surface area (Å²) >= 11 is 0. The average Bonchev–Trinajstić information content (AvgIpc) is 2.28. The third-order valence-corrected chi connectivity index (χ3v) is 3.64. The Morgan fingerprint density at radius 3 is 2.35 bits per heavy atom. The molecule has 1 N–H and O–H groups in total. The highest BCUT2D eigenvalue weighted by atomic mass is 32.2. The minimum Gasteiger partial charge on any atom is -0.380 e. The van der Waals surface area contributed by atoms with Crippen LogP contribution >= 0.6 is 0 Å². The molecule has 0 spiro atoms. The van der Waals surface area contributed by atoms with Crippen molar-refractivity contribution in [1.82, 2.24) is 5.32 Å². The van der Waals surface area contributed by atoms with Crippen molar-refractivity contribution in [2.75, 3.05) is 19.9 Å². The van der Waals surface area contributed by atoms with E-state index in [1.165, 1.54) is 6.26 Å². The van der Waals surface area contributed by atoms with Gasteiger partial charge in [0.2, 0.25) is 0 Å². The second-order valence-electron chi connectivity index (χ2n) is 4.09. The number of hydrogen-bond acceptors (Lipinski definition) is 4. The van der Waals surface area contributed by atoms with Crippen LogP contribution in [-0.4, -0.2) is 34.4 Å². The molecular formula is C12H19NO3S. The van der Waals surface area contributed by atoms with Crippen molar-refractivity contribution in [2.24, 2.45) is 0 Å². The van der Waals surface area contributed by atoms with Gasteiger partial charge in [-0.05, 0) is 24.6 Å². The zero-order chi connectivity index (χ0) is 12.9. The third kappa shape index (κ3) is 4.85. The molecule has 1 unspecified atom stereocenters. The summed E-state index contributed by atoms with van der Waals surface area (Å²) in [5.41, 5.74) is 1.06. The number of ether oxygens (including phenoxy) is 1. The van der Waals surface area contributed by atoms with Crippen molar-refractivity contribution < 1.29 is 13.2 Å². The fourth-order valence-electron chi connectivity index (χ4n) is 1.36. The SMILES string of the molecule is COC(C)CNCc1ccc(S(C)(=O)=O)cc1. The normalized spacial score (nSPS) is 13.6. The summed E-state index contributed by atoms with van der Waals surface area (Å²) in [6, 6.07) is 6.90. The Morgan fingerprint density at radius 1 is 1.29 bits per heavy atom. The molecule has 0 bridgehead atoms. The van der Waals surface area contributed by atoms with Gasteiger partial charge in [-0.1, -0.05) is 12.1 Å². The summed E-state index contributed by atoms with van der Waals surface area (Å²) in [7, 11) is -1.42. The first-order valence-corrected chi connectivity index (χ1v) is 7.35. The predicted octanol–water partition coefficient (Wildman–Crippen LogP) is 1.21. The van der Waals surface area contributed by atoms with Crippen LogP contribution in [0.5, 0.6) is 0 Å². The first kappa shape index (κ1) is 14.2. The highest BCUT2D eigenvalue weighted by molar-refractivity contribution is 7.90. The predicted molar refractivity (Wildman–Crippen MR) is 67.7 cm³/mol. The van der Waals surface area contributed by atoms with E-state index in [0.29, 0.717) is 11.4 Å². The molecule has 0 aromatic heterocycles. The number of benzene rings is 1. The number of sulfone groups is 1. The maximum absolute atomic E-state index is 11.3. The highest BCUT2D eigenvalue weighted by Crippen LogP contribution is 2.10. The first-order chi connectivity index (χ1) is 7.93. The molecule has 1 rings (SSSR count). The van der Waals surface area contributed by atoms with Crippen LogP contribution in [0.25, 0.3) is 0 Å². The van der Waals surface area contributed by atoms with Gasteiger partial charge in [0.05, 0.1) is 11.0 Å². The summed E-state index contributed by atoms with van der Waals surface area (Å²) in [4.78, 5) is 0.353. The molecule has 0 aliphatic rings. The van der Waals surface area contributed by atoms with Crippen LogP contribution in [0.1, 0.15) is 12.5 Å². The molecule has 4 nitrogen and oxygen atoms in total. The first-order valence-electron chi connectivity index (χ1n) is 5.46. The van der Waals surface area contributed by atoms with Crippen LogP contribution in [0.15, 0.2) is 29.2 Å². The van der Waals surface area contributed by atoms with Crippen molar-refractivity contribution in [3.63, 3.8) is 0 Å². The largest absolute Gasteiger partial charge is 0.380 e. The summed E-state index contributed by atoms with van der Waals surface area (Å²) in [5.74, 6) is 0. The maximum atomic E-state index is 11.3. The molecule has 0 fully saturated rings. The number of hydrogen-bond donors (Lipinski definition) is 1. The average molecular weight is 257 g/mol. The van der Waals surface area contributed by atoms with Crippen LogP contribution in [0.3, 0.4) is 0 Å². The number of nitrogens with one attached hydrogen (secondary N) is 1. The van der Waals surface area contributed by atoms with Crippen molar-refractivity contribution in [3.05, 3.63) is 29.8 Å². The van der Waals surface area contributed by atoms with E-state index in [1.807, 2.05) is 19.1 Å². The Balaban J connectivity index is 2.52. The fourth-order valence-corrected chi connectivity index (χ4v) is 1.99. The van der Waals surface area contributed by atoms with Gasteiger partial charge >= 0.3 is 0 Å². The maximum Gasteiger partial charge on any atom is 0.175 e. The standard InChI is InChI=1S/C12H19NO3S/c1-10(16-2)8-13-9-11-4-6-12(7-5-11)17(3,14)15/h4-7,10,13H,8-9H2,1-3H3. The molecule has 1 aromatic rings. The van der Waals surface area contributed by atoms with Gasteiger partial charge in [-0.25, -0.2) is 8.42 Å². The molecule has 17 heavy (non-hydrogen) atoms. The summed E-state index contributed by atoms with van der Waals surface area (Å²) < 4.78 is 27.6. The lowest BCUT2D eigenvalue weighted by molar-refractivity contribution is 0.117. The van der Waals surface area contributed by atoms with Gasteiger partial charge in [-0.15, -0.1) is 0 Å². The smallest absolute Gasteiger partial charge is 0.175 e. The Bertz CT molecular complexity index is 439. The zero-order valence-electron chi connectivity index (χ0n) is 10.4. The topological polar surface area (TPSA) is 55.4 Å². The van der Waals surface area contributed by atoms with E-state index < -0.39 is 9.84 Å². The van der Waals surface area contributed by atoms with Crippen molar-refractivity contribution in [3.8, 4) is 0 Å². The second-order valence-corrected chi connectivity index (χ2v) is 6.11. The molecule has 0 aliphatic carbocycles. The molecule has 5 heteroatoms. The highest BCUT2D eigenvalue weighted by Gasteiger charge is 2.06. The van der Waals surface area contributed by atoms with Gasteiger partial charge in [-0.2, -0.15) is 0 Å². The zero-order valence-corrected chi connectivity index (χ0v) is 11.3. The summed E-state index contributed by atoms with van der Waals surface area (Å²) in [6.07, 6.45) is 1.38. The lowest BCUT2D eigenvalue weighted by atomic mass is 10.2. The van der Waals surface area contributed by atoms with E-state index in [4.69, 9.17) is 4.74 Å². The van der Waals surface area contributed by atoms with Crippen LogP contribution in [0, 0.1) is 0 Å². The molecule has 0 saturated carbocycles. The van der Waals surface area contributed by atoms with Crippen molar-refractivity contribution in [1.29, 1.82) is 0 Å². The molecule has 96 valence electrons. The molecular weight excluding hydrogens is 238 g/mol. The van der Waals surface area contributed by atoms with Gasteiger partial charge in [0.15, 0.2) is 9.84 Å². The van der Waals surface area contributed by atoms with Gasteiger partial charge in [0, 0.05) is 26.5 Å². The minimum atomic E-state index is -3.10. The molecule has 0 radical (unpaired) electrons. The van der Waals surface area contributed by atoms with Gasteiger partial charge in [0.25, 0.3) is 0 Å². The van der Waals surface area contributed by atoms with Crippen LogP contribution in [0.2, 0.25) is 0 Å². The molecule has 1 aromatic carbocycles. The van der Waals surface area contributed by atoms with Crippen LogP contribution < -0.4 is 5.32 Å². The van der Waals surface area contributed by atoms with Gasteiger partial charge in [-0.3, -0.25) is 0 Å². The second kappa shape index (κ2) is 6.14.